The number of carbonyl (C=O) groups excluding carboxylic acids is 3. The van der Waals surface area contributed by atoms with Gasteiger partial charge in [-0.25, -0.2) is 9.18 Å². The fourth-order valence-electron chi connectivity index (χ4n) is 4.30. The molecule has 1 atom stereocenters. The summed E-state index contributed by atoms with van der Waals surface area (Å²) in [7, 11) is 0. The smallest absolute Gasteiger partial charge is 0.358 e. The Balaban J connectivity index is 1.74. The van der Waals surface area contributed by atoms with E-state index in [-0.39, 0.29) is 36.9 Å². The zero-order valence-electron chi connectivity index (χ0n) is 20.1. The first-order chi connectivity index (χ1) is 16.6. The molecule has 1 aliphatic heterocycles. The zero-order chi connectivity index (χ0) is 25.3. The van der Waals surface area contributed by atoms with Crippen LogP contribution in [0.1, 0.15) is 51.5 Å². The number of hydrogen-bond acceptors (Lipinski definition) is 5. The van der Waals surface area contributed by atoms with Crippen LogP contribution in [0.25, 0.3) is 0 Å². The third kappa shape index (κ3) is 4.53. The number of nitrogens with zero attached hydrogens (tertiary/aromatic N) is 3. The molecule has 0 aliphatic carbocycles. The van der Waals surface area contributed by atoms with E-state index in [1.54, 1.807) is 26.0 Å². The van der Waals surface area contributed by atoms with E-state index in [9.17, 15) is 18.8 Å². The second-order valence-electron chi connectivity index (χ2n) is 8.81. The second kappa shape index (κ2) is 9.32. The summed E-state index contributed by atoms with van der Waals surface area (Å²) >= 11 is 0. The van der Waals surface area contributed by atoms with Gasteiger partial charge in [0.1, 0.15) is 17.1 Å². The van der Waals surface area contributed by atoms with Gasteiger partial charge in [-0.3, -0.25) is 19.2 Å². The highest BCUT2D eigenvalue weighted by Crippen LogP contribution is 2.35. The van der Waals surface area contributed by atoms with Gasteiger partial charge in [-0.2, -0.15) is 5.10 Å². The summed E-state index contributed by atoms with van der Waals surface area (Å²) in [5.41, 5.74) is 1.99. The van der Waals surface area contributed by atoms with Gasteiger partial charge in [0.2, 0.25) is 5.91 Å². The number of rotatable bonds is 6. The number of benzene rings is 2. The summed E-state index contributed by atoms with van der Waals surface area (Å²) in [4.78, 5) is 41.1. The quantitative estimate of drug-likeness (QED) is 0.547. The van der Waals surface area contributed by atoms with Crippen molar-refractivity contribution in [1.82, 2.24) is 15.1 Å². The number of fused-ring (bicyclic) bond motifs is 1. The zero-order valence-corrected chi connectivity index (χ0v) is 20.1. The Morgan fingerprint density at radius 3 is 2.51 bits per heavy atom. The Morgan fingerprint density at radius 2 is 1.86 bits per heavy atom. The summed E-state index contributed by atoms with van der Waals surface area (Å²) < 4.78 is 19.7. The highest BCUT2D eigenvalue weighted by atomic mass is 19.1. The Bertz CT molecular complexity index is 1300. The molecule has 4 rings (SSSR count). The van der Waals surface area contributed by atoms with Crippen molar-refractivity contribution in [1.29, 1.82) is 0 Å². The number of esters is 1. The van der Waals surface area contributed by atoms with Crippen LogP contribution in [0.5, 0.6) is 0 Å². The lowest BCUT2D eigenvalue weighted by Gasteiger charge is -2.43. The van der Waals surface area contributed by atoms with Gasteiger partial charge >= 0.3 is 5.97 Å². The van der Waals surface area contributed by atoms with Crippen LogP contribution in [0.3, 0.4) is 0 Å². The van der Waals surface area contributed by atoms with Gasteiger partial charge in [0, 0.05) is 18.3 Å². The van der Waals surface area contributed by atoms with Crippen molar-refractivity contribution in [2.24, 2.45) is 0 Å². The minimum atomic E-state index is -1.36. The molecule has 0 saturated carbocycles. The highest BCUT2D eigenvalue weighted by Gasteiger charge is 2.49. The van der Waals surface area contributed by atoms with Crippen LogP contribution in [0.2, 0.25) is 0 Å². The maximum atomic E-state index is 13.8. The normalized spacial score (nSPS) is 17.2. The molecule has 2 heterocycles. The van der Waals surface area contributed by atoms with E-state index in [0.29, 0.717) is 11.3 Å². The molecule has 0 fully saturated rings. The summed E-state index contributed by atoms with van der Waals surface area (Å²) in [5, 5.41) is 7.14. The number of hydrogen-bond donors (Lipinski definition) is 1. The van der Waals surface area contributed by atoms with E-state index in [1.807, 2.05) is 32.0 Å². The molecule has 8 nitrogen and oxygen atoms in total. The summed E-state index contributed by atoms with van der Waals surface area (Å²) in [6.07, 6.45) is 0. The number of ether oxygens (including phenoxy) is 1. The molecule has 182 valence electrons. The average Bonchev–Trinajstić information content (AvgIpc) is 3.24. The molecule has 2 aromatic carbocycles. The van der Waals surface area contributed by atoms with Crippen LogP contribution in [0.15, 0.2) is 48.5 Å². The van der Waals surface area contributed by atoms with Crippen LogP contribution in [0.4, 0.5) is 10.1 Å². The van der Waals surface area contributed by atoms with Crippen molar-refractivity contribution in [3.63, 3.8) is 0 Å². The molecule has 1 N–H and O–H groups in total. The number of amides is 2. The van der Waals surface area contributed by atoms with E-state index < -0.39 is 23.3 Å². The lowest BCUT2D eigenvalue weighted by atomic mass is 9.92. The lowest BCUT2D eigenvalue weighted by Crippen LogP contribution is -2.64. The van der Waals surface area contributed by atoms with Crippen molar-refractivity contribution in [2.75, 3.05) is 11.5 Å². The topological polar surface area (TPSA) is 93.5 Å². The molecule has 9 heteroatoms. The fourth-order valence-corrected chi connectivity index (χ4v) is 4.30. The number of anilines is 1. The van der Waals surface area contributed by atoms with Gasteiger partial charge in [0.25, 0.3) is 5.91 Å². The Kier molecular flexibility index (Phi) is 6.43. The number of halogens is 1. The van der Waals surface area contributed by atoms with E-state index in [1.165, 1.54) is 27.8 Å². The van der Waals surface area contributed by atoms with Crippen LogP contribution in [0, 0.1) is 19.7 Å². The third-order valence-corrected chi connectivity index (χ3v) is 6.09. The lowest BCUT2D eigenvalue weighted by molar-refractivity contribution is -0.126. The molecule has 0 bridgehead atoms. The van der Waals surface area contributed by atoms with E-state index in [4.69, 9.17) is 4.74 Å². The Labute approximate surface area is 202 Å². The molecular formula is C26H27FN4O4. The Morgan fingerprint density at radius 1 is 1.14 bits per heavy atom. The minimum absolute atomic E-state index is 0.00625. The van der Waals surface area contributed by atoms with Crippen molar-refractivity contribution < 1.29 is 23.5 Å². The van der Waals surface area contributed by atoms with E-state index >= 15 is 0 Å². The summed E-state index contributed by atoms with van der Waals surface area (Å²) in [6.45, 7) is 7.53. The number of nitrogens with one attached hydrogen (secondary N) is 1. The van der Waals surface area contributed by atoms with Crippen LogP contribution >= 0.6 is 0 Å². The molecule has 3 aromatic rings. The van der Waals surface area contributed by atoms with Crippen molar-refractivity contribution in [3.8, 4) is 0 Å². The largest absolute Gasteiger partial charge is 0.461 e. The predicted molar refractivity (Wildman–Crippen MR) is 128 cm³/mol. The van der Waals surface area contributed by atoms with E-state index in [2.05, 4.69) is 10.4 Å². The molecule has 0 unspecified atom stereocenters. The predicted octanol–water partition coefficient (Wildman–Crippen LogP) is 3.55. The molecule has 1 aliphatic rings. The number of carbonyl (C=O) groups is 3. The highest BCUT2D eigenvalue weighted by molar-refractivity contribution is 6.12. The molecule has 2 amide bonds. The first-order valence-electron chi connectivity index (χ1n) is 11.3. The molecular weight excluding hydrogens is 451 g/mol. The van der Waals surface area contributed by atoms with Gasteiger partial charge in [0.05, 0.1) is 13.2 Å². The number of aryl methyl sites for hydroxylation is 2. The molecule has 0 radical (unpaired) electrons. The average molecular weight is 479 g/mol. The molecule has 0 saturated heterocycles. The second-order valence-corrected chi connectivity index (χ2v) is 8.81. The standard InChI is InChI=1S/C26H27FN4O4/c1-5-35-24(33)20-13-22-23(32)31(21-11-6-16(2)12-17(21)3)26(4,15-30(22)29-20)25(34)28-14-18-7-9-19(27)10-8-18/h6-13H,5,14-15H2,1-4H3,(H,28,34)/t26-/m1/s1. The SMILES string of the molecule is CCOC(=O)c1cc2n(n1)C[C@](C)(C(=O)NCc1ccc(F)cc1)N(c1ccc(C)cc1C)C2=O. The number of aromatic nitrogens is 2. The van der Waals surface area contributed by atoms with Crippen molar-refractivity contribution >= 4 is 23.5 Å². The fraction of sp³-hybridized carbons (Fsp3) is 0.308. The van der Waals surface area contributed by atoms with Gasteiger partial charge in [-0.1, -0.05) is 29.8 Å². The van der Waals surface area contributed by atoms with Gasteiger partial charge < -0.3 is 10.1 Å². The molecule has 0 spiro atoms. The van der Waals surface area contributed by atoms with Gasteiger partial charge in [-0.05, 0) is 57.0 Å². The maximum absolute atomic E-state index is 13.8. The third-order valence-electron chi connectivity index (χ3n) is 6.09. The summed E-state index contributed by atoms with van der Waals surface area (Å²) in [6, 6.07) is 12.8. The first kappa shape index (κ1) is 24.1. The van der Waals surface area contributed by atoms with Crippen molar-refractivity contribution in [3.05, 3.63) is 82.4 Å². The summed E-state index contributed by atoms with van der Waals surface area (Å²) in [5.74, 6) is -1.86. The van der Waals surface area contributed by atoms with Gasteiger partial charge in [-0.15, -0.1) is 0 Å². The first-order valence-corrected chi connectivity index (χ1v) is 11.3. The monoisotopic (exact) mass is 478 g/mol. The maximum Gasteiger partial charge on any atom is 0.358 e. The molecule has 1 aromatic heterocycles. The van der Waals surface area contributed by atoms with Crippen LogP contribution < -0.4 is 10.2 Å². The Hall–Kier alpha value is -4.01. The van der Waals surface area contributed by atoms with Crippen LogP contribution in [-0.2, 0) is 22.6 Å². The molecule has 35 heavy (non-hydrogen) atoms. The van der Waals surface area contributed by atoms with Crippen molar-refractivity contribution in [2.45, 2.75) is 46.3 Å². The minimum Gasteiger partial charge on any atom is -0.461 e. The van der Waals surface area contributed by atoms with Gasteiger partial charge in [0.15, 0.2) is 5.69 Å². The van der Waals surface area contributed by atoms with E-state index in [0.717, 1.165) is 11.1 Å². The van der Waals surface area contributed by atoms with Crippen LogP contribution in [-0.4, -0.2) is 39.7 Å².